The van der Waals surface area contributed by atoms with Gasteiger partial charge in [0.2, 0.25) is 0 Å². The van der Waals surface area contributed by atoms with Crippen molar-refractivity contribution in [1.82, 2.24) is 0 Å². The number of anilines is 1. The molecule has 12 heavy (non-hydrogen) atoms. The van der Waals surface area contributed by atoms with Gasteiger partial charge in [-0.1, -0.05) is 13.8 Å². The molecular formula is C9H15NO2. The van der Waals surface area contributed by atoms with Crippen molar-refractivity contribution in [1.29, 1.82) is 0 Å². The van der Waals surface area contributed by atoms with Crippen molar-refractivity contribution in [3.63, 3.8) is 0 Å². The minimum atomic E-state index is 0.0718. The van der Waals surface area contributed by atoms with Crippen LogP contribution in [-0.2, 0) is 0 Å². The van der Waals surface area contributed by atoms with E-state index in [4.69, 9.17) is 15.6 Å². The smallest absolute Gasteiger partial charge is 0.160 e. The van der Waals surface area contributed by atoms with Crippen molar-refractivity contribution < 1.29 is 9.84 Å². The van der Waals surface area contributed by atoms with Crippen LogP contribution in [0, 0.1) is 0 Å². The quantitative estimate of drug-likeness (QED) is 0.632. The molecular weight excluding hydrogens is 154 g/mol. The van der Waals surface area contributed by atoms with E-state index in [0.29, 0.717) is 11.4 Å². The van der Waals surface area contributed by atoms with Gasteiger partial charge in [0.05, 0.1) is 7.11 Å². The van der Waals surface area contributed by atoms with Crippen LogP contribution in [0.1, 0.15) is 13.8 Å². The van der Waals surface area contributed by atoms with Gasteiger partial charge in [0.25, 0.3) is 0 Å². The Hall–Kier alpha value is -1.38. The van der Waals surface area contributed by atoms with Gasteiger partial charge < -0.3 is 15.6 Å². The molecule has 0 saturated carbocycles. The molecule has 0 radical (unpaired) electrons. The van der Waals surface area contributed by atoms with Gasteiger partial charge in [-0.05, 0) is 12.1 Å². The van der Waals surface area contributed by atoms with Crippen LogP contribution in [0.3, 0.4) is 0 Å². The van der Waals surface area contributed by atoms with E-state index in [0.717, 1.165) is 0 Å². The Balaban J connectivity index is 0.000000561. The molecule has 0 aromatic heterocycles. The number of aromatic hydroxyl groups is 1. The molecule has 1 aromatic rings. The predicted molar refractivity (Wildman–Crippen MR) is 50.4 cm³/mol. The summed E-state index contributed by atoms with van der Waals surface area (Å²) in [5.41, 5.74) is 5.89. The van der Waals surface area contributed by atoms with Gasteiger partial charge in [0.1, 0.15) is 0 Å². The van der Waals surface area contributed by atoms with Crippen LogP contribution in [0.25, 0.3) is 0 Å². The van der Waals surface area contributed by atoms with E-state index >= 15 is 0 Å². The van der Waals surface area contributed by atoms with Crippen LogP contribution in [0.2, 0.25) is 0 Å². The second-order valence-corrected chi connectivity index (χ2v) is 1.93. The lowest BCUT2D eigenvalue weighted by atomic mass is 10.3. The first-order chi connectivity index (χ1) is 5.74. The Morgan fingerprint density at radius 3 is 2.33 bits per heavy atom. The van der Waals surface area contributed by atoms with Gasteiger partial charge in [0, 0.05) is 11.8 Å². The Morgan fingerprint density at radius 2 is 1.92 bits per heavy atom. The maximum absolute atomic E-state index is 9.09. The standard InChI is InChI=1S/C7H9NO2.C2H6/c1-10-7-3-2-5(8)4-6(7)9;1-2/h2-4,9H,8H2,1H3;1-2H3. The van der Waals surface area contributed by atoms with Gasteiger partial charge in [-0.3, -0.25) is 0 Å². The van der Waals surface area contributed by atoms with Gasteiger partial charge in [-0.15, -0.1) is 0 Å². The number of hydrogen-bond donors (Lipinski definition) is 2. The molecule has 3 nitrogen and oxygen atoms in total. The number of methoxy groups -OCH3 is 1. The zero-order chi connectivity index (χ0) is 9.56. The summed E-state index contributed by atoms with van der Waals surface area (Å²) in [5.74, 6) is 0.511. The third-order valence-electron chi connectivity index (χ3n) is 1.20. The maximum Gasteiger partial charge on any atom is 0.160 e. The average Bonchev–Trinajstić information content (AvgIpc) is 2.08. The molecule has 0 aliphatic rings. The summed E-state index contributed by atoms with van der Waals surface area (Å²) in [6, 6.07) is 4.72. The molecule has 68 valence electrons. The highest BCUT2D eigenvalue weighted by Crippen LogP contribution is 2.26. The molecule has 0 fully saturated rings. The molecule has 3 N–H and O–H groups in total. The summed E-state index contributed by atoms with van der Waals surface area (Å²) in [5, 5.41) is 9.09. The molecule has 1 rings (SSSR count). The van der Waals surface area contributed by atoms with E-state index in [1.807, 2.05) is 13.8 Å². The predicted octanol–water partition coefficient (Wildman–Crippen LogP) is 2.01. The number of phenolic OH excluding ortho intramolecular Hbond substituents is 1. The van der Waals surface area contributed by atoms with Crippen molar-refractivity contribution in [2.24, 2.45) is 0 Å². The fourth-order valence-corrected chi connectivity index (χ4v) is 0.707. The minimum Gasteiger partial charge on any atom is -0.504 e. The Kier molecular flexibility index (Phi) is 4.69. The third-order valence-corrected chi connectivity index (χ3v) is 1.20. The lowest BCUT2D eigenvalue weighted by Crippen LogP contribution is -1.86. The summed E-state index contributed by atoms with van der Waals surface area (Å²) in [6.07, 6.45) is 0. The SMILES string of the molecule is CC.COc1ccc(N)cc1O. The molecule has 0 atom stereocenters. The largest absolute Gasteiger partial charge is 0.504 e. The number of phenols is 1. The fraction of sp³-hybridized carbons (Fsp3) is 0.333. The van der Waals surface area contributed by atoms with Crippen molar-refractivity contribution in [2.75, 3.05) is 12.8 Å². The van der Waals surface area contributed by atoms with E-state index in [1.165, 1.54) is 13.2 Å². The molecule has 0 saturated heterocycles. The van der Waals surface area contributed by atoms with E-state index in [9.17, 15) is 0 Å². The van der Waals surface area contributed by atoms with E-state index in [-0.39, 0.29) is 5.75 Å². The van der Waals surface area contributed by atoms with Crippen molar-refractivity contribution >= 4 is 5.69 Å². The minimum absolute atomic E-state index is 0.0718. The number of nitrogens with two attached hydrogens (primary N) is 1. The van der Waals surface area contributed by atoms with Crippen LogP contribution in [0.15, 0.2) is 18.2 Å². The van der Waals surface area contributed by atoms with E-state index < -0.39 is 0 Å². The van der Waals surface area contributed by atoms with Crippen LogP contribution < -0.4 is 10.5 Å². The number of rotatable bonds is 1. The van der Waals surface area contributed by atoms with Crippen LogP contribution in [0.5, 0.6) is 11.5 Å². The first-order valence-electron chi connectivity index (χ1n) is 3.86. The molecule has 3 heteroatoms. The normalized spacial score (nSPS) is 8.25. The molecule has 0 aliphatic carbocycles. The Morgan fingerprint density at radius 1 is 1.33 bits per heavy atom. The lowest BCUT2D eigenvalue weighted by molar-refractivity contribution is 0.373. The van der Waals surface area contributed by atoms with Crippen LogP contribution in [-0.4, -0.2) is 12.2 Å². The number of benzene rings is 1. The fourth-order valence-electron chi connectivity index (χ4n) is 0.707. The third kappa shape index (κ3) is 2.70. The van der Waals surface area contributed by atoms with Gasteiger partial charge >= 0.3 is 0 Å². The summed E-state index contributed by atoms with van der Waals surface area (Å²) >= 11 is 0. The second-order valence-electron chi connectivity index (χ2n) is 1.93. The Labute approximate surface area is 72.8 Å². The Bertz CT molecular complexity index is 236. The topological polar surface area (TPSA) is 55.5 Å². The number of hydrogen-bond acceptors (Lipinski definition) is 3. The van der Waals surface area contributed by atoms with Crippen LogP contribution in [0.4, 0.5) is 5.69 Å². The monoisotopic (exact) mass is 169 g/mol. The summed E-state index contributed by atoms with van der Waals surface area (Å²) < 4.78 is 4.79. The van der Waals surface area contributed by atoms with Gasteiger partial charge in [-0.25, -0.2) is 0 Å². The highest BCUT2D eigenvalue weighted by molar-refractivity contribution is 5.50. The zero-order valence-corrected chi connectivity index (χ0v) is 7.66. The summed E-state index contributed by atoms with van der Waals surface area (Å²) in [4.78, 5) is 0. The molecule has 0 spiro atoms. The zero-order valence-electron chi connectivity index (χ0n) is 7.66. The molecule has 0 bridgehead atoms. The van der Waals surface area contributed by atoms with Gasteiger partial charge in [0.15, 0.2) is 11.5 Å². The molecule has 0 aliphatic heterocycles. The van der Waals surface area contributed by atoms with Crippen molar-refractivity contribution in [2.45, 2.75) is 13.8 Å². The van der Waals surface area contributed by atoms with E-state index in [2.05, 4.69) is 0 Å². The lowest BCUT2D eigenvalue weighted by Gasteiger charge is -2.01. The first-order valence-corrected chi connectivity index (χ1v) is 3.86. The second kappa shape index (κ2) is 5.29. The summed E-state index contributed by atoms with van der Waals surface area (Å²) in [6.45, 7) is 4.00. The van der Waals surface area contributed by atoms with Crippen LogP contribution >= 0.6 is 0 Å². The first kappa shape index (κ1) is 10.6. The average molecular weight is 169 g/mol. The number of nitrogen functional groups attached to an aromatic ring is 1. The molecule has 0 unspecified atom stereocenters. The van der Waals surface area contributed by atoms with Crippen molar-refractivity contribution in [3.8, 4) is 11.5 Å². The van der Waals surface area contributed by atoms with Crippen molar-refractivity contribution in [3.05, 3.63) is 18.2 Å². The summed E-state index contributed by atoms with van der Waals surface area (Å²) in [7, 11) is 1.49. The maximum atomic E-state index is 9.09. The number of ether oxygens (including phenoxy) is 1. The molecule has 1 aromatic carbocycles. The molecule has 0 heterocycles. The molecule has 0 amide bonds. The highest BCUT2D eigenvalue weighted by Gasteiger charge is 1.98. The highest BCUT2D eigenvalue weighted by atomic mass is 16.5. The van der Waals surface area contributed by atoms with E-state index in [1.54, 1.807) is 12.1 Å². The van der Waals surface area contributed by atoms with Gasteiger partial charge in [-0.2, -0.15) is 0 Å².